The fourth-order valence-electron chi connectivity index (χ4n) is 2.65. The van der Waals surface area contributed by atoms with Crippen molar-refractivity contribution in [1.82, 2.24) is 10.2 Å². The summed E-state index contributed by atoms with van der Waals surface area (Å²) in [5.41, 5.74) is 2.34. The third-order valence-electron chi connectivity index (χ3n) is 3.53. The Morgan fingerprint density at radius 1 is 1.21 bits per heavy atom. The van der Waals surface area contributed by atoms with Crippen molar-refractivity contribution >= 4 is 0 Å². The van der Waals surface area contributed by atoms with E-state index in [1.54, 1.807) is 0 Å². The predicted molar refractivity (Wildman–Crippen MR) is 79.9 cm³/mol. The van der Waals surface area contributed by atoms with E-state index in [0.717, 1.165) is 38.5 Å². The molecule has 1 fully saturated rings. The number of nitrogens with one attached hydrogen (secondary N) is 1. The molecule has 1 aliphatic rings. The molecule has 0 aromatic heterocycles. The van der Waals surface area contributed by atoms with Gasteiger partial charge in [0.05, 0.1) is 0 Å². The van der Waals surface area contributed by atoms with E-state index in [4.69, 9.17) is 4.74 Å². The van der Waals surface area contributed by atoms with Gasteiger partial charge >= 0.3 is 0 Å². The van der Waals surface area contributed by atoms with Gasteiger partial charge < -0.3 is 10.1 Å². The van der Waals surface area contributed by atoms with Crippen molar-refractivity contribution < 1.29 is 4.74 Å². The van der Waals surface area contributed by atoms with Crippen LogP contribution in [0.15, 0.2) is 18.2 Å². The summed E-state index contributed by atoms with van der Waals surface area (Å²) < 4.78 is 6.23. The van der Waals surface area contributed by atoms with Crippen molar-refractivity contribution in [2.75, 3.05) is 32.7 Å². The second-order valence-corrected chi connectivity index (χ2v) is 6.16. The second kappa shape index (κ2) is 5.93. The maximum absolute atomic E-state index is 6.23. The van der Waals surface area contributed by atoms with Crippen LogP contribution in [0, 0.1) is 13.8 Å². The molecule has 1 aromatic rings. The fraction of sp³-hybridized carbons (Fsp3) is 0.625. The Balaban J connectivity index is 1.99. The highest BCUT2D eigenvalue weighted by molar-refractivity contribution is 5.36. The summed E-state index contributed by atoms with van der Waals surface area (Å²) in [6, 6.07) is 6.38. The molecular weight excluding hydrogens is 236 g/mol. The Hall–Kier alpha value is -1.06. The highest BCUT2D eigenvalue weighted by atomic mass is 16.5. The summed E-state index contributed by atoms with van der Waals surface area (Å²) >= 11 is 0. The molecule has 0 amide bonds. The molecule has 0 aliphatic carbocycles. The van der Waals surface area contributed by atoms with Crippen LogP contribution in [-0.4, -0.2) is 43.2 Å². The summed E-state index contributed by atoms with van der Waals surface area (Å²) in [7, 11) is 0. The van der Waals surface area contributed by atoms with Crippen molar-refractivity contribution in [3.05, 3.63) is 29.3 Å². The first-order valence-electron chi connectivity index (χ1n) is 7.16. The third-order valence-corrected chi connectivity index (χ3v) is 3.53. The van der Waals surface area contributed by atoms with Crippen LogP contribution in [0.3, 0.4) is 0 Å². The Morgan fingerprint density at radius 2 is 1.89 bits per heavy atom. The van der Waals surface area contributed by atoms with Gasteiger partial charge in [0.2, 0.25) is 0 Å². The molecule has 3 nitrogen and oxygen atoms in total. The molecule has 1 saturated heterocycles. The number of aryl methyl sites for hydroxylation is 2. The molecule has 0 saturated carbocycles. The average Bonchev–Trinajstić information content (AvgIpc) is 2.33. The molecule has 19 heavy (non-hydrogen) atoms. The van der Waals surface area contributed by atoms with E-state index in [1.165, 1.54) is 11.1 Å². The van der Waals surface area contributed by atoms with Gasteiger partial charge in [0.1, 0.15) is 11.4 Å². The van der Waals surface area contributed by atoms with Gasteiger partial charge in [0.15, 0.2) is 0 Å². The normalized spacial score (nSPS) is 17.5. The minimum Gasteiger partial charge on any atom is -0.486 e. The number of rotatable bonds is 4. The maximum Gasteiger partial charge on any atom is 0.123 e. The zero-order valence-corrected chi connectivity index (χ0v) is 12.6. The zero-order valence-electron chi connectivity index (χ0n) is 12.6. The predicted octanol–water partition coefficient (Wildman–Crippen LogP) is 2.37. The molecule has 3 heteroatoms. The lowest BCUT2D eigenvalue weighted by atomic mass is 10.1. The Bertz CT molecular complexity index is 423. The second-order valence-electron chi connectivity index (χ2n) is 6.16. The van der Waals surface area contributed by atoms with E-state index in [2.05, 4.69) is 56.1 Å². The molecule has 0 bridgehead atoms. The van der Waals surface area contributed by atoms with Crippen LogP contribution in [0.25, 0.3) is 0 Å². The summed E-state index contributed by atoms with van der Waals surface area (Å²) in [6.07, 6.45) is 0. The fourth-order valence-corrected chi connectivity index (χ4v) is 2.65. The van der Waals surface area contributed by atoms with Crippen molar-refractivity contribution in [3.63, 3.8) is 0 Å². The molecule has 0 radical (unpaired) electrons. The number of hydrogen-bond donors (Lipinski definition) is 1. The zero-order chi connectivity index (χ0) is 13.9. The molecule has 1 aromatic carbocycles. The Labute approximate surface area is 116 Å². The van der Waals surface area contributed by atoms with E-state index >= 15 is 0 Å². The molecule has 0 atom stereocenters. The van der Waals surface area contributed by atoms with Crippen molar-refractivity contribution in [1.29, 1.82) is 0 Å². The third kappa shape index (κ3) is 4.22. The first kappa shape index (κ1) is 14.4. The summed E-state index contributed by atoms with van der Waals surface area (Å²) in [4.78, 5) is 2.47. The van der Waals surface area contributed by atoms with E-state index < -0.39 is 0 Å². The molecule has 2 rings (SSSR count). The maximum atomic E-state index is 6.23. The van der Waals surface area contributed by atoms with Crippen LogP contribution in [0.4, 0.5) is 0 Å². The number of hydrogen-bond acceptors (Lipinski definition) is 3. The highest BCUT2D eigenvalue weighted by Crippen LogP contribution is 2.24. The first-order valence-corrected chi connectivity index (χ1v) is 7.16. The standard InChI is InChI=1S/C16H26N2O/c1-13-5-6-15(14(2)11-13)19-16(3,4)12-18-9-7-17-8-10-18/h5-6,11,17H,7-10,12H2,1-4H3. The first-order chi connectivity index (χ1) is 8.96. The van der Waals surface area contributed by atoms with Crippen LogP contribution < -0.4 is 10.1 Å². The lowest BCUT2D eigenvalue weighted by Gasteiger charge is -2.35. The monoisotopic (exact) mass is 262 g/mol. The number of nitrogens with zero attached hydrogens (tertiary/aromatic N) is 1. The van der Waals surface area contributed by atoms with Gasteiger partial charge in [-0.2, -0.15) is 0 Å². The minimum atomic E-state index is -0.155. The van der Waals surface area contributed by atoms with Crippen LogP contribution in [0.2, 0.25) is 0 Å². The quantitative estimate of drug-likeness (QED) is 0.901. The van der Waals surface area contributed by atoms with E-state index in [-0.39, 0.29) is 5.60 Å². The van der Waals surface area contributed by atoms with Gasteiger partial charge in [-0.25, -0.2) is 0 Å². The highest BCUT2D eigenvalue weighted by Gasteiger charge is 2.25. The topological polar surface area (TPSA) is 24.5 Å². The van der Waals surface area contributed by atoms with Crippen molar-refractivity contribution in [2.24, 2.45) is 0 Å². The largest absolute Gasteiger partial charge is 0.486 e. The number of benzene rings is 1. The average molecular weight is 262 g/mol. The minimum absolute atomic E-state index is 0.155. The number of ether oxygens (including phenoxy) is 1. The lowest BCUT2D eigenvalue weighted by molar-refractivity contribution is 0.0541. The van der Waals surface area contributed by atoms with Gasteiger partial charge in [0.25, 0.3) is 0 Å². The summed E-state index contributed by atoms with van der Waals surface area (Å²) in [5.74, 6) is 1.01. The Morgan fingerprint density at radius 3 is 2.53 bits per heavy atom. The summed E-state index contributed by atoms with van der Waals surface area (Å²) in [5, 5.41) is 3.38. The van der Waals surface area contributed by atoms with Crippen molar-refractivity contribution in [3.8, 4) is 5.75 Å². The van der Waals surface area contributed by atoms with Gasteiger partial charge in [-0.05, 0) is 39.3 Å². The van der Waals surface area contributed by atoms with Crippen LogP contribution in [0.5, 0.6) is 5.75 Å². The molecule has 1 aliphatic heterocycles. The smallest absolute Gasteiger partial charge is 0.123 e. The molecule has 0 spiro atoms. The van der Waals surface area contributed by atoms with Gasteiger partial charge in [-0.15, -0.1) is 0 Å². The molecular formula is C16H26N2O. The van der Waals surface area contributed by atoms with Gasteiger partial charge in [-0.1, -0.05) is 17.7 Å². The molecule has 1 N–H and O–H groups in total. The van der Waals surface area contributed by atoms with Crippen molar-refractivity contribution in [2.45, 2.75) is 33.3 Å². The molecule has 106 valence electrons. The van der Waals surface area contributed by atoms with E-state index in [9.17, 15) is 0 Å². The molecule has 1 heterocycles. The Kier molecular flexibility index (Phi) is 4.48. The molecule has 0 unspecified atom stereocenters. The lowest BCUT2D eigenvalue weighted by Crippen LogP contribution is -2.50. The van der Waals surface area contributed by atoms with Crippen LogP contribution in [-0.2, 0) is 0 Å². The SMILES string of the molecule is Cc1ccc(OC(C)(C)CN2CCNCC2)c(C)c1. The van der Waals surface area contributed by atoms with E-state index in [1.807, 2.05) is 0 Å². The number of piperazine rings is 1. The van der Waals surface area contributed by atoms with E-state index in [0.29, 0.717) is 0 Å². The van der Waals surface area contributed by atoms with Crippen LogP contribution in [0.1, 0.15) is 25.0 Å². The van der Waals surface area contributed by atoms with Gasteiger partial charge in [-0.3, -0.25) is 4.90 Å². The van der Waals surface area contributed by atoms with Gasteiger partial charge in [0, 0.05) is 32.7 Å². The summed E-state index contributed by atoms with van der Waals surface area (Å²) in [6.45, 7) is 13.9. The van der Waals surface area contributed by atoms with Crippen LogP contribution >= 0.6 is 0 Å².